The molecule has 0 saturated heterocycles. The van der Waals surface area contributed by atoms with Gasteiger partial charge in [-0.25, -0.2) is 18.2 Å². The molecule has 0 saturated carbocycles. The molecule has 0 amide bonds. The fourth-order valence-corrected chi connectivity index (χ4v) is 3.05. The maximum atomic E-state index is 14.1. The number of benzene rings is 1. The number of rotatable bonds is 8. The smallest absolute Gasteiger partial charge is 0.259 e. The summed E-state index contributed by atoms with van der Waals surface area (Å²) in [7, 11) is 1.57. The minimum absolute atomic E-state index is 0.232. The summed E-state index contributed by atoms with van der Waals surface area (Å²) in [6.07, 6.45) is 4.04. The molecule has 0 N–H and O–H groups in total. The van der Waals surface area contributed by atoms with E-state index in [1.54, 1.807) is 27.4 Å². The maximum absolute atomic E-state index is 14.1. The molecule has 1 unspecified atom stereocenters. The molecule has 0 aromatic heterocycles. The Labute approximate surface area is 161 Å². The number of hydrogen-bond donors (Lipinski definition) is 0. The first-order valence-electron chi connectivity index (χ1n) is 8.84. The average molecular weight is 394 g/mol. The topological polar surface area (TPSA) is 15.6 Å². The van der Waals surface area contributed by atoms with Gasteiger partial charge in [-0.3, -0.25) is 0 Å². The van der Waals surface area contributed by atoms with Crippen molar-refractivity contribution in [1.29, 1.82) is 0 Å². The van der Waals surface area contributed by atoms with Crippen LogP contribution < -0.4 is 0 Å². The molecule has 0 fully saturated rings. The molecular weight excluding hydrogens is 368 g/mol. The Morgan fingerprint density at radius 2 is 1.81 bits per heavy atom. The van der Waals surface area contributed by atoms with Crippen LogP contribution in [0.5, 0.6) is 0 Å². The van der Waals surface area contributed by atoms with Crippen molar-refractivity contribution in [2.24, 2.45) is 4.99 Å². The molecule has 0 aliphatic carbocycles. The number of halogens is 3. The third kappa shape index (κ3) is 6.07. The summed E-state index contributed by atoms with van der Waals surface area (Å²) in [5.41, 5.74) is -1.36. The van der Waals surface area contributed by atoms with E-state index < -0.39 is 11.3 Å². The molecular formula is C21H26F3N2P. The Kier molecular flexibility index (Phi) is 6.69. The Morgan fingerprint density at radius 3 is 2.33 bits per heavy atom. The Hall–Kier alpha value is -1.87. The summed E-state index contributed by atoms with van der Waals surface area (Å²) in [5, 5.41) is 0. The Morgan fingerprint density at radius 1 is 1.19 bits per heavy atom. The molecule has 2 nitrogen and oxygen atoms in total. The molecule has 1 aliphatic heterocycles. The molecule has 146 valence electrons. The summed E-state index contributed by atoms with van der Waals surface area (Å²) in [5.74, 6) is 0.682. The van der Waals surface area contributed by atoms with Gasteiger partial charge in [-0.2, -0.15) is 0 Å². The van der Waals surface area contributed by atoms with Gasteiger partial charge in [0.1, 0.15) is 11.5 Å². The van der Waals surface area contributed by atoms with E-state index in [0.29, 0.717) is 36.5 Å². The first-order chi connectivity index (χ1) is 12.5. The maximum Gasteiger partial charge on any atom is 0.259 e. The molecule has 0 radical (unpaired) electrons. The third-order valence-corrected chi connectivity index (χ3v) is 4.59. The van der Waals surface area contributed by atoms with Crippen molar-refractivity contribution in [2.75, 3.05) is 6.54 Å². The molecule has 2 rings (SSSR count). The van der Waals surface area contributed by atoms with Crippen molar-refractivity contribution >= 4 is 20.8 Å². The number of alkyl halides is 3. The highest BCUT2D eigenvalue weighted by Gasteiger charge is 2.24. The van der Waals surface area contributed by atoms with E-state index in [2.05, 4.69) is 18.2 Å². The summed E-state index contributed by atoms with van der Waals surface area (Å²) < 4.78 is 40.3. The lowest BCUT2D eigenvalue weighted by atomic mass is 9.98. The van der Waals surface area contributed by atoms with Crippen molar-refractivity contribution < 1.29 is 13.2 Å². The van der Waals surface area contributed by atoms with E-state index in [9.17, 15) is 13.2 Å². The lowest BCUT2D eigenvalue weighted by Gasteiger charge is -2.30. The number of hydrogen-bond acceptors (Lipinski definition) is 2. The molecule has 0 spiro atoms. The van der Waals surface area contributed by atoms with Crippen LogP contribution in [0.4, 0.5) is 13.2 Å². The van der Waals surface area contributed by atoms with Gasteiger partial charge in [0.15, 0.2) is 0 Å². The van der Waals surface area contributed by atoms with Gasteiger partial charge >= 0.3 is 0 Å². The van der Waals surface area contributed by atoms with Gasteiger partial charge in [0, 0.05) is 30.6 Å². The lowest BCUT2D eigenvalue weighted by Crippen LogP contribution is -2.32. The summed E-state index contributed by atoms with van der Waals surface area (Å²) in [6, 6.07) is 7.10. The van der Waals surface area contributed by atoms with Gasteiger partial charge in [-0.15, -0.1) is 6.58 Å². The van der Waals surface area contributed by atoms with Crippen LogP contribution in [0.3, 0.4) is 0 Å². The number of amidine groups is 1. The zero-order valence-corrected chi connectivity index (χ0v) is 17.0. The van der Waals surface area contributed by atoms with Crippen molar-refractivity contribution in [3.05, 3.63) is 66.4 Å². The van der Waals surface area contributed by atoms with Crippen molar-refractivity contribution in [1.82, 2.24) is 4.90 Å². The third-order valence-electron chi connectivity index (χ3n) is 4.30. The van der Waals surface area contributed by atoms with Gasteiger partial charge in [-0.1, -0.05) is 46.2 Å². The van der Waals surface area contributed by atoms with E-state index in [1.807, 2.05) is 23.1 Å². The van der Waals surface area contributed by atoms with E-state index in [0.717, 1.165) is 11.3 Å². The molecule has 1 atom stereocenters. The highest BCUT2D eigenvalue weighted by molar-refractivity contribution is 7.18. The highest BCUT2D eigenvalue weighted by atomic mass is 31.0. The standard InChI is InChI=1S/C21H26F3N2P/c1-5-13-26-15(2)14-18(25-19(26)7-6-12-21(23,24)27)16-8-10-17(11-9-16)20(3,4)22/h5,8-11,14H,1-2,6-7,12-13,27H2,3-4H3. The minimum Gasteiger partial charge on any atom is -0.327 e. The van der Waals surface area contributed by atoms with Gasteiger partial charge in [0.25, 0.3) is 5.66 Å². The lowest BCUT2D eigenvalue weighted by molar-refractivity contribution is 0.0924. The molecule has 1 aromatic rings. The predicted molar refractivity (Wildman–Crippen MR) is 111 cm³/mol. The van der Waals surface area contributed by atoms with E-state index in [-0.39, 0.29) is 6.42 Å². The summed E-state index contributed by atoms with van der Waals surface area (Å²) in [4.78, 5) is 6.54. The van der Waals surface area contributed by atoms with Gasteiger partial charge in [-0.05, 0) is 31.9 Å². The summed E-state index contributed by atoms with van der Waals surface area (Å²) >= 11 is 0. The SMILES string of the molecule is C=CCN1C(=C)C=C(c2ccc(C(C)(C)F)cc2)N=C1CCCC(F)(F)P. The Balaban J connectivity index is 2.26. The highest BCUT2D eigenvalue weighted by Crippen LogP contribution is 2.31. The van der Waals surface area contributed by atoms with Gasteiger partial charge < -0.3 is 4.90 Å². The minimum atomic E-state index is -2.77. The number of allylic oxidation sites excluding steroid dienone is 1. The largest absolute Gasteiger partial charge is 0.327 e. The first kappa shape index (κ1) is 21.4. The molecule has 0 bridgehead atoms. The molecule has 6 heteroatoms. The van der Waals surface area contributed by atoms with Crippen LogP contribution in [0.25, 0.3) is 5.70 Å². The van der Waals surface area contributed by atoms with Crippen LogP contribution in [-0.2, 0) is 5.67 Å². The van der Waals surface area contributed by atoms with Crippen LogP contribution >= 0.6 is 9.24 Å². The molecule has 1 aliphatic rings. The van der Waals surface area contributed by atoms with E-state index >= 15 is 0 Å². The summed E-state index contributed by atoms with van der Waals surface area (Å²) in [6.45, 7) is 11.3. The fraction of sp³-hybridized carbons (Fsp3) is 0.381. The van der Waals surface area contributed by atoms with Crippen LogP contribution in [0, 0.1) is 0 Å². The van der Waals surface area contributed by atoms with Crippen molar-refractivity contribution in [3.8, 4) is 0 Å². The normalized spacial score (nSPS) is 15.5. The van der Waals surface area contributed by atoms with Gasteiger partial charge in [0.2, 0.25) is 0 Å². The van der Waals surface area contributed by atoms with Crippen LogP contribution in [-0.4, -0.2) is 22.9 Å². The number of aliphatic imine (C=N–C) groups is 1. The number of nitrogens with zero attached hydrogens (tertiary/aromatic N) is 2. The van der Waals surface area contributed by atoms with Crippen molar-refractivity contribution in [2.45, 2.75) is 44.4 Å². The van der Waals surface area contributed by atoms with E-state index in [1.165, 1.54) is 13.8 Å². The molecule has 27 heavy (non-hydrogen) atoms. The monoisotopic (exact) mass is 394 g/mol. The predicted octanol–water partition coefficient (Wildman–Crippen LogP) is 6.28. The fourth-order valence-electron chi connectivity index (χ4n) is 2.84. The first-order valence-corrected chi connectivity index (χ1v) is 9.42. The second-order valence-corrected chi connectivity index (χ2v) is 7.96. The van der Waals surface area contributed by atoms with Crippen LogP contribution in [0.2, 0.25) is 0 Å². The van der Waals surface area contributed by atoms with Crippen LogP contribution in [0.1, 0.15) is 44.2 Å². The van der Waals surface area contributed by atoms with Crippen LogP contribution in [0.15, 0.2) is 60.3 Å². The molecule has 1 heterocycles. The zero-order valence-electron chi connectivity index (χ0n) is 15.8. The second-order valence-electron chi connectivity index (χ2n) is 7.11. The van der Waals surface area contributed by atoms with Crippen molar-refractivity contribution in [3.63, 3.8) is 0 Å². The van der Waals surface area contributed by atoms with E-state index in [4.69, 9.17) is 0 Å². The second kappa shape index (κ2) is 8.43. The Bertz CT molecular complexity index is 753. The molecule has 1 aromatic carbocycles. The zero-order chi connectivity index (χ0) is 20.2. The average Bonchev–Trinajstić information content (AvgIpc) is 2.56. The van der Waals surface area contributed by atoms with Gasteiger partial charge in [0.05, 0.1) is 5.70 Å². The quantitative estimate of drug-likeness (QED) is 0.374.